The van der Waals surface area contributed by atoms with E-state index in [4.69, 9.17) is 9.47 Å². The lowest BCUT2D eigenvalue weighted by atomic mass is 9.83. The second kappa shape index (κ2) is 12.6. The topological polar surface area (TPSA) is 52.6 Å². The first kappa shape index (κ1) is 28.4. The van der Waals surface area contributed by atoms with Crippen LogP contribution in [0.25, 0.3) is 5.57 Å². The zero-order valence-electron chi connectivity index (χ0n) is 22.7. The quantitative estimate of drug-likeness (QED) is 0.138. The molecule has 1 saturated carbocycles. The van der Waals surface area contributed by atoms with E-state index in [-0.39, 0.29) is 25.0 Å². The molecule has 0 heterocycles. The lowest BCUT2D eigenvalue weighted by molar-refractivity contribution is -0.162. The molecule has 1 fully saturated rings. The molecule has 4 nitrogen and oxygen atoms in total. The highest BCUT2D eigenvalue weighted by Gasteiger charge is 2.57. The molecule has 0 unspecified atom stereocenters. The summed E-state index contributed by atoms with van der Waals surface area (Å²) in [6, 6.07) is 35.6. The Morgan fingerprint density at radius 3 is 1.31 bits per heavy atom. The molecule has 0 aliphatic heterocycles. The van der Waals surface area contributed by atoms with Crippen LogP contribution in [0.1, 0.15) is 22.3 Å². The largest absolute Gasteiger partial charge is 0.461 e. The number of rotatable bonds is 8. The molecule has 6 rings (SSSR count). The molecule has 0 spiro atoms. The molecule has 0 N–H and O–H groups in total. The maximum Gasteiger partial charge on any atom is 0.311 e. The molecule has 0 radical (unpaired) electrons. The summed E-state index contributed by atoms with van der Waals surface area (Å²) in [5, 5.41) is 0. The third-order valence-electron chi connectivity index (χ3n) is 7.95. The van der Waals surface area contributed by atoms with Crippen LogP contribution in [0.4, 0.5) is 0 Å². The van der Waals surface area contributed by atoms with Gasteiger partial charge in [-0.25, -0.2) is 0 Å². The Balaban J connectivity index is 1.37. The predicted octanol–water partition coefficient (Wildman–Crippen LogP) is 8.55. The number of ether oxygens (including phenoxy) is 2. The van der Waals surface area contributed by atoms with Crippen molar-refractivity contribution in [3.05, 3.63) is 158 Å². The van der Waals surface area contributed by atoms with E-state index in [9.17, 15) is 9.59 Å². The van der Waals surface area contributed by atoms with E-state index in [0.29, 0.717) is 0 Å². The lowest BCUT2D eigenvalue weighted by Gasteiger charge is -2.24. The average molecular weight is 684 g/mol. The SMILES string of the molecule is O=C(OCc1ccc(Br)cc1)[C@@H]1[C@@H](C(=O)OCc2ccc(Br)cc2)[C@H]2C=C[C@@H]1C2=C(c1ccccc1)c1ccccc1. The van der Waals surface area contributed by atoms with Crippen LogP contribution >= 0.6 is 31.9 Å². The van der Waals surface area contributed by atoms with E-state index in [2.05, 4.69) is 68.3 Å². The van der Waals surface area contributed by atoms with Gasteiger partial charge in [0, 0.05) is 20.8 Å². The van der Waals surface area contributed by atoms with Crippen molar-refractivity contribution in [3.63, 3.8) is 0 Å². The Labute approximate surface area is 262 Å². The lowest BCUT2D eigenvalue weighted by Crippen LogP contribution is -2.35. The molecule has 0 aromatic heterocycles. The first-order valence-electron chi connectivity index (χ1n) is 13.8. The van der Waals surface area contributed by atoms with Gasteiger partial charge in [0.25, 0.3) is 0 Å². The number of esters is 2. The van der Waals surface area contributed by atoms with E-state index in [1.54, 1.807) is 0 Å². The van der Waals surface area contributed by atoms with E-state index < -0.39 is 23.8 Å². The van der Waals surface area contributed by atoms with E-state index in [1.807, 2.05) is 84.9 Å². The second-order valence-electron chi connectivity index (χ2n) is 10.5. The van der Waals surface area contributed by atoms with Gasteiger partial charge in [-0.2, -0.15) is 0 Å². The molecule has 2 aliphatic carbocycles. The fourth-order valence-corrected chi connectivity index (χ4v) is 6.56. The molecule has 0 amide bonds. The molecule has 210 valence electrons. The Kier molecular flexibility index (Phi) is 8.54. The van der Waals surface area contributed by atoms with Crippen molar-refractivity contribution in [1.29, 1.82) is 0 Å². The Morgan fingerprint density at radius 1 is 0.548 bits per heavy atom. The van der Waals surface area contributed by atoms with Crippen molar-refractivity contribution in [2.75, 3.05) is 0 Å². The van der Waals surface area contributed by atoms with Gasteiger partial charge in [0.2, 0.25) is 0 Å². The van der Waals surface area contributed by atoms with Crippen LogP contribution in [0, 0.1) is 23.7 Å². The summed E-state index contributed by atoms with van der Waals surface area (Å²) < 4.78 is 13.7. The summed E-state index contributed by atoms with van der Waals surface area (Å²) in [5.41, 5.74) is 5.95. The number of hydrogen-bond acceptors (Lipinski definition) is 4. The van der Waals surface area contributed by atoms with Crippen molar-refractivity contribution < 1.29 is 19.1 Å². The number of benzene rings is 4. The maximum absolute atomic E-state index is 13.8. The maximum atomic E-state index is 13.8. The van der Waals surface area contributed by atoms with Gasteiger partial charge < -0.3 is 9.47 Å². The standard InChI is InChI=1S/C36H28Br2O4/c37-27-15-11-23(12-16-27)21-41-35(39)33-29-19-20-30(34(33)36(40)42-22-24-13-17-28(38)18-14-24)32(29)31(25-7-3-1-4-8-25)26-9-5-2-6-10-26/h1-20,29-30,33-34H,21-22H2/t29-,30+,33-,34-/m0/s1. The first-order valence-corrected chi connectivity index (χ1v) is 15.4. The summed E-state index contributed by atoms with van der Waals surface area (Å²) >= 11 is 6.89. The average Bonchev–Trinajstić information content (AvgIpc) is 3.57. The number of hydrogen-bond donors (Lipinski definition) is 0. The van der Waals surface area contributed by atoms with Gasteiger partial charge in [-0.3, -0.25) is 9.59 Å². The Hall–Kier alpha value is -3.74. The summed E-state index contributed by atoms with van der Waals surface area (Å²) in [5.74, 6) is -2.73. The van der Waals surface area contributed by atoms with Gasteiger partial charge in [-0.05, 0) is 57.7 Å². The fraction of sp³-hybridized carbons (Fsp3) is 0.167. The number of carbonyl (C=O) groups excluding carboxylic acids is 2. The van der Waals surface area contributed by atoms with E-state index in [1.165, 1.54) is 0 Å². The fourth-order valence-electron chi connectivity index (χ4n) is 6.03. The monoisotopic (exact) mass is 682 g/mol. The summed E-state index contributed by atoms with van der Waals surface area (Å²) in [6.45, 7) is 0.265. The molecule has 0 saturated heterocycles. The van der Waals surface area contributed by atoms with Crippen molar-refractivity contribution in [1.82, 2.24) is 0 Å². The zero-order valence-corrected chi connectivity index (χ0v) is 25.8. The third-order valence-corrected chi connectivity index (χ3v) is 9.01. The Morgan fingerprint density at radius 2 is 0.929 bits per heavy atom. The van der Waals surface area contributed by atoms with Crippen molar-refractivity contribution in [2.45, 2.75) is 13.2 Å². The van der Waals surface area contributed by atoms with Gasteiger partial charge in [-0.15, -0.1) is 0 Å². The number of carbonyl (C=O) groups is 2. The van der Waals surface area contributed by atoms with Crippen LogP contribution in [0.3, 0.4) is 0 Å². The van der Waals surface area contributed by atoms with Crippen LogP contribution in [-0.4, -0.2) is 11.9 Å². The highest BCUT2D eigenvalue weighted by atomic mass is 79.9. The summed E-state index contributed by atoms with van der Waals surface area (Å²) in [7, 11) is 0. The van der Waals surface area contributed by atoms with Crippen molar-refractivity contribution in [3.8, 4) is 0 Å². The molecule has 4 atom stereocenters. The van der Waals surface area contributed by atoms with Crippen LogP contribution in [-0.2, 0) is 32.3 Å². The highest BCUT2D eigenvalue weighted by molar-refractivity contribution is 9.10. The van der Waals surface area contributed by atoms with Crippen molar-refractivity contribution in [2.24, 2.45) is 23.7 Å². The van der Waals surface area contributed by atoms with Gasteiger partial charge in [0.1, 0.15) is 13.2 Å². The minimum absolute atomic E-state index is 0.133. The van der Waals surface area contributed by atoms with Gasteiger partial charge in [0.05, 0.1) is 11.8 Å². The zero-order chi connectivity index (χ0) is 29.1. The first-order chi connectivity index (χ1) is 20.5. The summed E-state index contributed by atoms with van der Waals surface area (Å²) in [6.07, 6.45) is 4.13. The highest BCUT2D eigenvalue weighted by Crippen LogP contribution is 2.56. The van der Waals surface area contributed by atoms with Crippen LogP contribution in [0.15, 0.2) is 136 Å². The number of fused-ring (bicyclic) bond motifs is 2. The molecular formula is C36H28Br2O4. The minimum atomic E-state index is -0.690. The Bertz CT molecular complexity index is 1510. The normalized spacial score (nSPS) is 20.4. The molecule has 4 aromatic rings. The molecule has 6 heteroatoms. The van der Waals surface area contributed by atoms with Gasteiger partial charge in [-0.1, -0.05) is 129 Å². The number of halogens is 2. The minimum Gasteiger partial charge on any atom is -0.461 e. The van der Waals surface area contributed by atoms with E-state index >= 15 is 0 Å². The van der Waals surface area contributed by atoms with Crippen LogP contribution in [0.2, 0.25) is 0 Å². The van der Waals surface area contributed by atoms with E-state index in [0.717, 1.165) is 42.3 Å². The summed E-state index contributed by atoms with van der Waals surface area (Å²) in [4.78, 5) is 27.7. The molecule has 2 bridgehead atoms. The van der Waals surface area contributed by atoms with Crippen LogP contribution < -0.4 is 0 Å². The molecule has 2 aliphatic rings. The predicted molar refractivity (Wildman–Crippen MR) is 170 cm³/mol. The smallest absolute Gasteiger partial charge is 0.311 e. The second-order valence-corrected chi connectivity index (χ2v) is 12.4. The third kappa shape index (κ3) is 5.92. The van der Waals surface area contributed by atoms with Gasteiger partial charge in [0.15, 0.2) is 0 Å². The molecule has 42 heavy (non-hydrogen) atoms. The molecule has 4 aromatic carbocycles. The van der Waals surface area contributed by atoms with Crippen molar-refractivity contribution >= 4 is 49.4 Å². The van der Waals surface area contributed by atoms with Gasteiger partial charge >= 0.3 is 11.9 Å². The van der Waals surface area contributed by atoms with Crippen LogP contribution in [0.5, 0.6) is 0 Å². The number of allylic oxidation sites excluding steroid dienone is 3. The molecular weight excluding hydrogens is 656 g/mol.